The van der Waals surface area contributed by atoms with E-state index in [2.05, 4.69) is 78.9 Å². The van der Waals surface area contributed by atoms with E-state index in [0.717, 1.165) is 68.0 Å². The maximum Gasteiger partial charge on any atom is 0.210 e. The van der Waals surface area contributed by atoms with Crippen LogP contribution >= 0.6 is 0 Å². The van der Waals surface area contributed by atoms with Gasteiger partial charge in [0.2, 0.25) is 14.8 Å². The van der Waals surface area contributed by atoms with E-state index in [-0.39, 0.29) is 83.5 Å². The van der Waals surface area contributed by atoms with Crippen LogP contribution in [0.4, 0.5) is 0 Å². The summed E-state index contributed by atoms with van der Waals surface area (Å²) in [6.07, 6.45) is 2.24. The van der Waals surface area contributed by atoms with Crippen LogP contribution in [0.5, 0.6) is 0 Å². The highest BCUT2D eigenvalue weighted by Gasteiger charge is 2.69. The molecule has 0 spiro atoms. The molecule has 7 aliphatic heterocycles. The van der Waals surface area contributed by atoms with Gasteiger partial charge in [-0.1, -0.05) is 120 Å². The van der Waals surface area contributed by atoms with E-state index < -0.39 is 55.8 Å². The van der Waals surface area contributed by atoms with Crippen molar-refractivity contribution in [2.75, 3.05) is 13.2 Å². The first-order valence-electron chi connectivity index (χ1n) is 29.0. The van der Waals surface area contributed by atoms with Gasteiger partial charge in [0.15, 0.2) is 16.6 Å². The number of hydrogen-bond donors (Lipinski definition) is 0. The zero-order chi connectivity index (χ0) is 53.3. The lowest BCUT2D eigenvalue weighted by Crippen LogP contribution is -2.59. The summed E-state index contributed by atoms with van der Waals surface area (Å²) < 4.78 is 108. The van der Waals surface area contributed by atoms with Crippen LogP contribution in [0.1, 0.15) is 117 Å². The molecule has 3 aromatic carbocycles. The Bertz CT molecular complexity index is 2420. The number of fused-ring (bicyclic) bond motifs is 4. The summed E-state index contributed by atoms with van der Waals surface area (Å²) >= 11 is 0. The van der Waals surface area contributed by atoms with Gasteiger partial charge in [-0.05, 0) is 85.2 Å². The normalized spacial score (nSPS) is 36.0. The van der Waals surface area contributed by atoms with E-state index in [9.17, 15) is 0 Å². The van der Waals surface area contributed by atoms with Crippen molar-refractivity contribution >= 4 is 26.5 Å². The Kier molecular flexibility index (Phi) is 17.9. The highest BCUT2D eigenvalue weighted by molar-refractivity contribution is 7.93. The lowest BCUT2D eigenvalue weighted by molar-refractivity contribution is -0.257. The molecule has 2 unspecified atom stereocenters. The molecule has 0 aliphatic carbocycles. The zero-order valence-corrected chi connectivity index (χ0v) is 49.4. The molecule has 13 nitrogen and oxygen atoms in total. The fraction of sp³-hybridized carbons (Fsp3) is 0.700. The molecule has 7 heterocycles. The number of hydrogen-bond acceptors (Lipinski definition) is 13. The Hall–Kier alpha value is -2.40. The minimum Gasteiger partial charge on any atom is -0.411 e. The predicted molar refractivity (Wildman–Crippen MR) is 296 cm³/mol. The molecule has 7 aliphatic rings. The topological polar surface area (TPSA) is 139 Å². The Morgan fingerprint density at radius 1 is 0.592 bits per heavy atom. The molecule has 420 valence electrons. The Balaban J connectivity index is 0.936. The van der Waals surface area contributed by atoms with E-state index in [1.807, 2.05) is 42.5 Å². The number of sulfone groups is 1. The van der Waals surface area contributed by atoms with Gasteiger partial charge in [0, 0.05) is 45.1 Å². The zero-order valence-electron chi connectivity index (χ0n) is 46.6. The predicted octanol–water partition coefficient (Wildman–Crippen LogP) is 11.3. The van der Waals surface area contributed by atoms with Crippen LogP contribution in [0.15, 0.2) is 95.9 Å². The second-order valence-corrected chi connectivity index (χ2v) is 36.1. The highest BCUT2D eigenvalue weighted by atomic mass is 32.2. The number of epoxide rings is 1. The maximum atomic E-state index is 15.6. The van der Waals surface area contributed by atoms with Crippen LogP contribution in [0, 0.1) is 0 Å². The van der Waals surface area contributed by atoms with Gasteiger partial charge >= 0.3 is 0 Å². The van der Waals surface area contributed by atoms with Gasteiger partial charge in [0.05, 0.1) is 104 Å². The minimum absolute atomic E-state index is 0.0378. The molecule has 0 aromatic heterocycles. The third kappa shape index (κ3) is 12.4. The van der Waals surface area contributed by atoms with Gasteiger partial charge in [-0.2, -0.15) is 0 Å². The van der Waals surface area contributed by atoms with Crippen LogP contribution in [-0.2, 0) is 74.5 Å². The molecule has 7 saturated heterocycles. The quantitative estimate of drug-likeness (QED) is 0.0784. The van der Waals surface area contributed by atoms with Crippen LogP contribution < -0.4 is 0 Å². The van der Waals surface area contributed by atoms with Crippen molar-refractivity contribution in [3.8, 4) is 0 Å². The average Bonchev–Trinajstić information content (AvgIpc) is 4.36. The summed E-state index contributed by atoms with van der Waals surface area (Å²) in [5.74, 6) is 0. The molecular weight excluding hydrogens is 1020 g/mol. The first-order valence-corrected chi connectivity index (χ1v) is 35.9. The number of benzene rings is 3. The van der Waals surface area contributed by atoms with Gasteiger partial charge < -0.3 is 51.5 Å². The molecule has 0 N–H and O–H groups in total. The molecule has 0 amide bonds. The third-order valence-corrected chi connectivity index (χ3v) is 30.2. The van der Waals surface area contributed by atoms with Crippen molar-refractivity contribution in [2.45, 2.75) is 257 Å². The van der Waals surface area contributed by atoms with Crippen molar-refractivity contribution in [1.82, 2.24) is 0 Å². The molecule has 0 radical (unpaired) electrons. The fourth-order valence-electron chi connectivity index (χ4n) is 12.9. The Morgan fingerprint density at radius 2 is 1.12 bits per heavy atom. The smallest absolute Gasteiger partial charge is 0.210 e. The largest absolute Gasteiger partial charge is 0.411 e. The molecule has 16 atom stereocenters. The lowest BCUT2D eigenvalue weighted by atomic mass is 9.88. The number of rotatable bonds is 20. The minimum atomic E-state index is -4.11. The summed E-state index contributed by atoms with van der Waals surface area (Å²) in [6, 6.07) is 32.0. The van der Waals surface area contributed by atoms with Gasteiger partial charge in [0.25, 0.3) is 0 Å². The van der Waals surface area contributed by atoms with Gasteiger partial charge in [0.1, 0.15) is 12.2 Å². The summed E-state index contributed by atoms with van der Waals surface area (Å²) in [5, 5.41) is -0.0979. The van der Waals surface area contributed by atoms with Crippen molar-refractivity contribution < 1.29 is 59.9 Å². The fourth-order valence-corrected chi connectivity index (χ4v) is 19.1. The second kappa shape index (κ2) is 24.0. The standard InChI is InChI=1S/C60H88O13SSi2/c1-9-76(10-2,11-3)73-55-34-50-46(30-29-45-49(68-50)32-47-44(66-45)28-21-31-64-47)67-56(55)37-60(74(61,62)43-26-19-14-20-27-43)58(71-60)36-53-54(72-75(7,8)59(4,5)6)35-52-51(69-53)33-48(65-39-42-24-17-13-18-25-42)57(70-52)40-63-38-41-22-15-12-16-23-41/h12-20,22-27,44-58H,9-11,21,28-40H2,1-8H3/t44-,45+,46-,47+,48-,49-,50+,51+,52-,53-,54+,55-,56+,57+,58?,60?/m0/s1. The summed E-state index contributed by atoms with van der Waals surface area (Å²) in [7, 11) is -8.77. The van der Waals surface area contributed by atoms with Crippen molar-refractivity contribution in [3.05, 3.63) is 102 Å². The maximum absolute atomic E-state index is 15.6. The molecule has 7 fully saturated rings. The molecule has 3 aromatic rings. The van der Waals surface area contributed by atoms with E-state index in [0.29, 0.717) is 45.5 Å². The molecule has 0 saturated carbocycles. The molecule has 76 heavy (non-hydrogen) atoms. The third-order valence-electron chi connectivity index (χ3n) is 18.7. The molecule has 10 rings (SSSR count). The van der Waals surface area contributed by atoms with Crippen LogP contribution in [0.25, 0.3) is 0 Å². The lowest BCUT2D eigenvalue weighted by Gasteiger charge is -2.50. The van der Waals surface area contributed by atoms with Crippen molar-refractivity contribution in [3.63, 3.8) is 0 Å². The van der Waals surface area contributed by atoms with Gasteiger partial charge in [-0.15, -0.1) is 0 Å². The van der Waals surface area contributed by atoms with Crippen LogP contribution in [0.3, 0.4) is 0 Å². The van der Waals surface area contributed by atoms with Gasteiger partial charge in [-0.25, -0.2) is 8.42 Å². The number of ether oxygens (including phenoxy) is 9. The Labute approximate surface area is 456 Å². The van der Waals surface area contributed by atoms with Gasteiger partial charge in [-0.3, -0.25) is 0 Å². The van der Waals surface area contributed by atoms with E-state index >= 15 is 8.42 Å². The molecule has 0 bridgehead atoms. The summed E-state index contributed by atoms with van der Waals surface area (Å²) in [6.45, 7) is 20.0. The summed E-state index contributed by atoms with van der Waals surface area (Å²) in [5.41, 5.74) is 2.17. The first kappa shape index (κ1) is 56.9. The summed E-state index contributed by atoms with van der Waals surface area (Å²) in [4.78, 5) is -1.38. The molecule has 16 heteroatoms. The van der Waals surface area contributed by atoms with E-state index in [4.69, 9.17) is 51.5 Å². The van der Waals surface area contributed by atoms with E-state index in [1.54, 1.807) is 24.3 Å². The van der Waals surface area contributed by atoms with Crippen molar-refractivity contribution in [2.24, 2.45) is 0 Å². The van der Waals surface area contributed by atoms with E-state index in [1.165, 1.54) is 0 Å². The SMILES string of the molecule is CC[Si](CC)(CC)O[C@H]1C[C@H]2O[C@H]3C[C@H]4OCCC[C@@H]4O[C@@H]3CC[C@@H]2O[C@@H]1CC1(S(=O)(=O)c2ccccc2)OC1C[C@@H]1O[C@@H]2C[C@H](OCc3ccccc3)[C@@H](COCc3ccccc3)O[C@H]2C[C@H]1O[Si](C)(C)C(C)(C)C. The van der Waals surface area contributed by atoms with Crippen LogP contribution in [0.2, 0.25) is 36.3 Å². The highest BCUT2D eigenvalue weighted by Crippen LogP contribution is 2.54. The van der Waals surface area contributed by atoms with Crippen LogP contribution in [-0.4, -0.2) is 135 Å². The monoisotopic (exact) mass is 1100 g/mol. The first-order chi connectivity index (χ1) is 36.5. The molecular formula is C60H88O13SSi2. The second-order valence-electron chi connectivity index (χ2n) is 24.5. The Morgan fingerprint density at radius 3 is 1.76 bits per heavy atom. The average molecular weight is 1110 g/mol. The van der Waals surface area contributed by atoms with Crippen molar-refractivity contribution in [1.29, 1.82) is 0 Å².